The molecule has 0 spiro atoms. The Bertz CT molecular complexity index is 977. The Kier molecular flexibility index (Phi) is 7.55. The maximum atomic E-state index is 12.3. The number of alkyl halides is 4. The molecule has 0 saturated heterocycles. The molecule has 1 atom stereocenters. The largest absolute Gasteiger partial charge is 0.573 e. The van der Waals surface area contributed by atoms with Crippen molar-refractivity contribution in [2.45, 2.75) is 19.5 Å². The van der Waals surface area contributed by atoms with E-state index in [2.05, 4.69) is 26.0 Å². The van der Waals surface area contributed by atoms with Crippen molar-refractivity contribution in [3.8, 4) is 5.75 Å². The number of rotatable bonds is 9. The third-order valence-electron chi connectivity index (χ3n) is 3.89. The SMILES string of the molecule is O=S(CCBr)OCc1c(NCc2ccc(OC(F)(F)F)cc2)sc2ccccc12. The highest BCUT2D eigenvalue weighted by Gasteiger charge is 2.30. The van der Waals surface area contributed by atoms with Crippen LogP contribution in [-0.2, 0) is 28.4 Å². The van der Waals surface area contributed by atoms with Crippen molar-refractivity contribution < 1.29 is 26.3 Å². The maximum absolute atomic E-state index is 12.3. The maximum Gasteiger partial charge on any atom is 0.573 e. The van der Waals surface area contributed by atoms with Gasteiger partial charge >= 0.3 is 6.36 Å². The van der Waals surface area contributed by atoms with Gasteiger partial charge in [0.2, 0.25) is 0 Å². The lowest BCUT2D eigenvalue weighted by Gasteiger charge is -2.11. The first kappa shape index (κ1) is 22.1. The molecule has 29 heavy (non-hydrogen) atoms. The molecule has 3 rings (SSSR count). The quantitative estimate of drug-likeness (QED) is 0.361. The van der Waals surface area contributed by atoms with Crippen molar-refractivity contribution >= 4 is 53.4 Å². The van der Waals surface area contributed by atoms with Crippen molar-refractivity contribution in [1.29, 1.82) is 0 Å². The first-order valence-corrected chi connectivity index (χ1v) is 11.7. The van der Waals surface area contributed by atoms with Crippen molar-refractivity contribution in [2.24, 2.45) is 0 Å². The van der Waals surface area contributed by atoms with Crippen LogP contribution < -0.4 is 10.1 Å². The molecule has 1 N–H and O–H groups in total. The summed E-state index contributed by atoms with van der Waals surface area (Å²) in [4.78, 5) is 0. The molecule has 2 aromatic carbocycles. The molecular weight excluding hydrogens is 491 g/mol. The van der Waals surface area contributed by atoms with Crippen LogP contribution in [0.15, 0.2) is 48.5 Å². The molecule has 0 radical (unpaired) electrons. The Morgan fingerprint density at radius 2 is 1.83 bits per heavy atom. The van der Waals surface area contributed by atoms with E-state index >= 15 is 0 Å². The zero-order valence-corrected chi connectivity index (χ0v) is 18.2. The molecule has 10 heteroatoms. The first-order valence-electron chi connectivity index (χ1n) is 8.52. The first-order chi connectivity index (χ1) is 13.9. The minimum Gasteiger partial charge on any atom is -0.406 e. The second-order valence-corrected chi connectivity index (χ2v) is 9.01. The average Bonchev–Trinajstić information content (AvgIpc) is 3.02. The number of halogens is 4. The lowest BCUT2D eigenvalue weighted by Crippen LogP contribution is -2.17. The summed E-state index contributed by atoms with van der Waals surface area (Å²) in [6.45, 7) is 0.612. The average molecular weight is 508 g/mol. The molecule has 3 aromatic rings. The highest BCUT2D eigenvalue weighted by molar-refractivity contribution is 9.09. The van der Waals surface area contributed by atoms with Gasteiger partial charge in [-0.25, -0.2) is 4.21 Å². The minimum atomic E-state index is -4.71. The van der Waals surface area contributed by atoms with Crippen molar-refractivity contribution in [3.05, 3.63) is 59.7 Å². The third kappa shape index (κ3) is 6.43. The van der Waals surface area contributed by atoms with Gasteiger partial charge in [0, 0.05) is 27.5 Å². The monoisotopic (exact) mass is 507 g/mol. The molecule has 0 aliphatic carbocycles. The molecule has 0 fully saturated rings. The van der Waals surface area contributed by atoms with Gasteiger partial charge in [-0.1, -0.05) is 46.3 Å². The van der Waals surface area contributed by atoms with Crippen LogP contribution in [0.2, 0.25) is 0 Å². The lowest BCUT2D eigenvalue weighted by molar-refractivity contribution is -0.274. The molecule has 0 saturated carbocycles. The topological polar surface area (TPSA) is 47.6 Å². The van der Waals surface area contributed by atoms with Crippen LogP contribution in [0.3, 0.4) is 0 Å². The van der Waals surface area contributed by atoms with Crippen molar-refractivity contribution in [3.63, 3.8) is 0 Å². The van der Waals surface area contributed by atoms with Gasteiger partial charge in [0.1, 0.15) is 5.75 Å². The van der Waals surface area contributed by atoms with Crippen LogP contribution in [0, 0.1) is 0 Å². The van der Waals surface area contributed by atoms with E-state index in [1.807, 2.05) is 24.3 Å². The number of fused-ring (bicyclic) bond motifs is 1. The van der Waals surface area contributed by atoms with E-state index in [1.54, 1.807) is 23.5 Å². The van der Waals surface area contributed by atoms with Crippen LogP contribution in [-0.4, -0.2) is 21.7 Å². The Balaban J connectivity index is 1.72. The van der Waals surface area contributed by atoms with E-state index in [4.69, 9.17) is 4.18 Å². The zero-order chi connectivity index (χ0) is 20.9. The second-order valence-electron chi connectivity index (χ2n) is 5.91. The number of thiophene rings is 1. The number of ether oxygens (including phenoxy) is 1. The third-order valence-corrected chi connectivity index (χ3v) is 6.90. The fraction of sp³-hybridized carbons (Fsp3) is 0.263. The predicted molar refractivity (Wildman–Crippen MR) is 114 cm³/mol. The molecule has 1 aromatic heterocycles. The number of anilines is 1. The Morgan fingerprint density at radius 1 is 1.10 bits per heavy atom. The Labute approximate surface area is 180 Å². The summed E-state index contributed by atoms with van der Waals surface area (Å²) in [5, 5.41) is 5.79. The van der Waals surface area contributed by atoms with E-state index in [0.717, 1.165) is 26.2 Å². The summed E-state index contributed by atoms with van der Waals surface area (Å²) in [5.74, 6) is 0.142. The van der Waals surface area contributed by atoms with Crippen molar-refractivity contribution in [1.82, 2.24) is 0 Å². The van der Waals surface area contributed by atoms with Crippen LogP contribution in [0.4, 0.5) is 18.2 Å². The number of hydrogen-bond donors (Lipinski definition) is 1. The van der Waals surface area contributed by atoms with Gasteiger partial charge in [0.15, 0.2) is 11.1 Å². The fourth-order valence-corrected chi connectivity index (χ4v) is 5.01. The van der Waals surface area contributed by atoms with Gasteiger partial charge in [-0.15, -0.1) is 24.5 Å². The molecule has 0 aliphatic heterocycles. The summed E-state index contributed by atoms with van der Waals surface area (Å²) in [5.41, 5.74) is 1.71. The van der Waals surface area contributed by atoms with Crippen LogP contribution in [0.5, 0.6) is 5.75 Å². The van der Waals surface area contributed by atoms with Gasteiger partial charge in [-0.3, -0.25) is 4.18 Å². The molecule has 156 valence electrons. The highest BCUT2D eigenvalue weighted by atomic mass is 79.9. The standard InChI is InChI=1S/C19H17BrF3NO3S2/c20-9-10-29(25)26-12-16-15-3-1-2-4-17(15)28-18(16)24-11-13-5-7-14(8-6-13)27-19(21,22)23/h1-8,24H,9-12H2. The van der Waals surface area contributed by atoms with Gasteiger partial charge in [-0.05, 0) is 23.8 Å². The summed E-state index contributed by atoms with van der Waals surface area (Å²) in [7, 11) is 0. The number of benzene rings is 2. The van der Waals surface area contributed by atoms with Crippen LogP contribution in [0.25, 0.3) is 10.1 Å². The van der Waals surface area contributed by atoms with Gasteiger partial charge in [0.25, 0.3) is 0 Å². The Morgan fingerprint density at radius 3 is 2.52 bits per heavy atom. The molecule has 1 heterocycles. The molecular formula is C19H17BrF3NO3S2. The molecule has 0 bridgehead atoms. The predicted octanol–water partition coefficient (Wildman–Crippen LogP) is 5.99. The zero-order valence-electron chi connectivity index (χ0n) is 15.0. The molecule has 4 nitrogen and oxygen atoms in total. The normalized spacial score (nSPS) is 12.8. The molecule has 1 unspecified atom stereocenters. The van der Waals surface area contributed by atoms with E-state index < -0.39 is 17.4 Å². The second kappa shape index (κ2) is 9.92. The van der Waals surface area contributed by atoms with E-state index in [0.29, 0.717) is 17.6 Å². The van der Waals surface area contributed by atoms with Crippen LogP contribution >= 0.6 is 27.3 Å². The lowest BCUT2D eigenvalue weighted by atomic mass is 10.1. The number of hydrogen-bond acceptors (Lipinski definition) is 5. The number of nitrogens with one attached hydrogen (secondary N) is 1. The van der Waals surface area contributed by atoms with Crippen molar-refractivity contribution in [2.75, 3.05) is 16.4 Å². The Hall–Kier alpha value is -1.62. The van der Waals surface area contributed by atoms with E-state index in [1.165, 1.54) is 12.1 Å². The van der Waals surface area contributed by atoms with E-state index in [-0.39, 0.29) is 12.4 Å². The summed E-state index contributed by atoms with van der Waals surface area (Å²) < 4.78 is 59.1. The summed E-state index contributed by atoms with van der Waals surface area (Å²) >= 11 is 3.40. The van der Waals surface area contributed by atoms with Gasteiger partial charge in [0.05, 0.1) is 17.4 Å². The van der Waals surface area contributed by atoms with E-state index in [9.17, 15) is 17.4 Å². The summed E-state index contributed by atoms with van der Waals surface area (Å²) in [6, 6.07) is 13.5. The minimum absolute atomic E-state index is 0.199. The highest BCUT2D eigenvalue weighted by Crippen LogP contribution is 2.36. The van der Waals surface area contributed by atoms with Gasteiger partial charge < -0.3 is 10.1 Å². The van der Waals surface area contributed by atoms with Gasteiger partial charge in [-0.2, -0.15) is 0 Å². The fourth-order valence-electron chi connectivity index (χ4n) is 2.62. The molecule has 0 amide bonds. The molecule has 0 aliphatic rings. The summed E-state index contributed by atoms with van der Waals surface area (Å²) in [6.07, 6.45) is -4.71. The van der Waals surface area contributed by atoms with Crippen LogP contribution in [0.1, 0.15) is 11.1 Å². The smallest absolute Gasteiger partial charge is 0.406 e.